The van der Waals surface area contributed by atoms with Crippen LogP contribution in [0.15, 0.2) is 30.6 Å². The van der Waals surface area contributed by atoms with Gasteiger partial charge in [0.2, 0.25) is 11.8 Å². The molecule has 1 aromatic heterocycles. The summed E-state index contributed by atoms with van der Waals surface area (Å²) in [5.74, 6) is 0.762. The molecule has 0 aliphatic carbocycles. The van der Waals surface area contributed by atoms with Gasteiger partial charge in [-0.15, -0.1) is 0 Å². The van der Waals surface area contributed by atoms with Gasteiger partial charge in [-0.25, -0.2) is 14.4 Å². The summed E-state index contributed by atoms with van der Waals surface area (Å²) in [4.78, 5) is 8.09. The molecule has 0 atom stereocenters. The third kappa shape index (κ3) is 3.88. The molecule has 0 fully saturated rings. The van der Waals surface area contributed by atoms with Crippen LogP contribution in [0.5, 0.6) is 11.8 Å². The highest BCUT2D eigenvalue weighted by atomic mass is 19.1. The maximum Gasteiger partial charge on any atom is 0.224 e. The van der Waals surface area contributed by atoms with E-state index in [0.29, 0.717) is 36.8 Å². The van der Waals surface area contributed by atoms with Crippen molar-refractivity contribution in [1.82, 2.24) is 15.3 Å². The van der Waals surface area contributed by atoms with Gasteiger partial charge in [0, 0.05) is 6.54 Å². The molecule has 0 aliphatic rings. The van der Waals surface area contributed by atoms with Crippen molar-refractivity contribution in [3.63, 3.8) is 0 Å². The fourth-order valence-corrected chi connectivity index (χ4v) is 2.02. The second-order valence-corrected chi connectivity index (χ2v) is 4.39. The normalized spacial score (nSPS) is 10.4. The van der Waals surface area contributed by atoms with Gasteiger partial charge in [-0.3, -0.25) is 0 Å². The van der Waals surface area contributed by atoms with Gasteiger partial charge in [-0.2, -0.15) is 0 Å². The maximum absolute atomic E-state index is 13.5. The van der Waals surface area contributed by atoms with Gasteiger partial charge >= 0.3 is 0 Å². The lowest BCUT2D eigenvalue weighted by atomic mass is 10.1. The molecule has 0 spiro atoms. The second-order valence-electron chi connectivity index (χ2n) is 4.39. The standard InChI is InChI=1S/C15H18FN3O2/c1-20-14-12(15(21-2)19-10-18-14)9-17-8-7-11-5-3-4-6-13(11)16/h3-6,10,17H,7-9H2,1-2H3. The highest BCUT2D eigenvalue weighted by Crippen LogP contribution is 2.22. The smallest absolute Gasteiger partial charge is 0.224 e. The molecule has 6 heteroatoms. The quantitative estimate of drug-likeness (QED) is 0.790. The van der Waals surface area contributed by atoms with E-state index in [9.17, 15) is 4.39 Å². The number of ether oxygens (including phenoxy) is 2. The van der Waals surface area contributed by atoms with Gasteiger partial charge in [0.05, 0.1) is 19.8 Å². The number of hydrogen-bond donors (Lipinski definition) is 1. The summed E-state index contributed by atoms with van der Waals surface area (Å²) in [7, 11) is 3.09. The van der Waals surface area contributed by atoms with E-state index in [1.807, 2.05) is 6.07 Å². The van der Waals surface area contributed by atoms with E-state index < -0.39 is 0 Å². The van der Waals surface area contributed by atoms with E-state index in [-0.39, 0.29) is 5.82 Å². The summed E-state index contributed by atoms with van der Waals surface area (Å²) in [6, 6.07) is 6.76. The zero-order valence-electron chi connectivity index (χ0n) is 12.1. The number of rotatable bonds is 7. The molecule has 0 aliphatic heterocycles. The van der Waals surface area contributed by atoms with Gasteiger partial charge in [0.15, 0.2) is 0 Å². The van der Waals surface area contributed by atoms with E-state index in [1.54, 1.807) is 26.4 Å². The lowest BCUT2D eigenvalue weighted by molar-refractivity contribution is 0.359. The average molecular weight is 291 g/mol. The topological polar surface area (TPSA) is 56.3 Å². The van der Waals surface area contributed by atoms with Crippen molar-refractivity contribution < 1.29 is 13.9 Å². The predicted octanol–water partition coefficient (Wildman–Crippen LogP) is 1.97. The summed E-state index contributed by atoms with van der Waals surface area (Å²) in [6.07, 6.45) is 1.99. The molecule has 0 bridgehead atoms. The first-order valence-corrected chi connectivity index (χ1v) is 6.62. The summed E-state index contributed by atoms with van der Waals surface area (Å²) in [6.45, 7) is 1.11. The molecular weight excluding hydrogens is 273 g/mol. The number of nitrogens with one attached hydrogen (secondary N) is 1. The molecule has 5 nitrogen and oxygen atoms in total. The minimum absolute atomic E-state index is 0.183. The SMILES string of the molecule is COc1ncnc(OC)c1CNCCc1ccccc1F. The van der Waals surface area contributed by atoms with Crippen LogP contribution in [-0.2, 0) is 13.0 Å². The number of aromatic nitrogens is 2. The van der Waals surface area contributed by atoms with Crippen molar-refractivity contribution in [2.45, 2.75) is 13.0 Å². The van der Waals surface area contributed by atoms with Crippen molar-refractivity contribution in [3.8, 4) is 11.8 Å². The Hall–Kier alpha value is -2.21. The van der Waals surface area contributed by atoms with Crippen LogP contribution in [0.2, 0.25) is 0 Å². The van der Waals surface area contributed by atoms with E-state index in [0.717, 1.165) is 5.56 Å². The first-order valence-electron chi connectivity index (χ1n) is 6.62. The number of halogens is 1. The molecule has 1 N–H and O–H groups in total. The number of hydrogen-bond acceptors (Lipinski definition) is 5. The van der Waals surface area contributed by atoms with Gasteiger partial charge in [-0.1, -0.05) is 18.2 Å². The van der Waals surface area contributed by atoms with Crippen molar-refractivity contribution in [2.75, 3.05) is 20.8 Å². The van der Waals surface area contributed by atoms with Gasteiger partial charge in [0.25, 0.3) is 0 Å². The third-order valence-corrected chi connectivity index (χ3v) is 3.08. The van der Waals surface area contributed by atoms with Crippen LogP contribution >= 0.6 is 0 Å². The predicted molar refractivity (Wildman–Crippen MR) is 76.9 cm³/mol. The fourth-order valence-electron chi connectivity index (χ4n) is 2.02. The Morgan fingerprint density at radius 2 is 1.76 bits per heavy atom. The molecule has 2 aromatic rings. The molecule has 112 valence electrons. The Kier molecular flexibility index (Phi) is 5.45. The Morgan fingerprint density at radius 3 is 2.38 bits per heavy atom. The molecule has 2 rings (SSSR count). The molecule has 0 unspecified atom stereocenters. The maximum atomic E-state index is 13.5. The molecule has 0 amide bonds. The Morgan fingerprint density at radius 1 is 1.10 bits per heavy atom. The van der Waals surface area contributed by atoms with E-state index in [4.69, 9.17) is 9.47 Å². The van der Waals surface area contributed by atoms with Crippen LogP contribution in [0.3, 0.4) is 0 Å². The lowest BCUT2D eigenvalue weighted by Gasteiger charge is -2.11. The van der Waals surface area contributed by atoms with E-state index in [1.165, 1.54) is 12.4 Å². The number of methoxy groups -OCH3 is 2. The largest absolute Gasteiger partial charge is 0.481 e. The van der Waals surface area contributed by atoms with Crippen LogP contribution < -0.4 is 14.8 Å². The molecule has 1 heterocycles. The first-order chi connectivity index (χ1) is 10.3. The van der Waals surface area contributed by atoms with E-state index >= 15 is 0 Å². The molecule has 0 saturated carbocycles. The average Bonchev–Trinajstić information content (AvgIpc) is 2.52. The Bertz CT molecular complexity index is 571. The Labute approximate surface area is 123 Å². The molecule has 0 radical (unpaired) electrons. The van der Waals surface area contributed by atoms with Crippen LogP contribution in [-0.4, -0.2) is 30.7 Å². The molecule has 1 aromatic carbocycles. The monoisotopic (exact) mass is 291 g/mol. The van der Waals surface area contributed by atoms with Crippen molar-refractivity contribution in [2.24, 2.45) is 0 Å². The molecule has 0 saturated heterocycles. The summed E-state index contributed by atoms with van der Waals surface area (Å²) >= 11 is 0. The van der Waals surface area contributed by atoms with Crippen molar-refractivity contribution in [3.05, 3.63) is 47.5 Å². The zero-order chi connectivity index (χ0) is 15.1. The minimum Gasteiger partial charge on any atom is -0.481 e. The van der Waals surface area contributed by atoms with E-state index in [2.05, 4.69) is 15.3 Å². The van der Waals surface area contributed by atoms with Crippen molar-refractivity contribution >= 4 is 0 Å². The van der Waals surface area contributed by atoms with Crippen LogP contribution in [0.1, 0.15) is 11.1 Å². The minimum atomic E-state index is -0.183. The van der Waals surface area contributed by atoms with Gasteiger partial charge in [-0.05, 0) is 24.6 Å². The van der Waals surface area contributed by atoms with Gasteiger partial charge < -0.3 is 14.8 Å². The summed E-state index contributed by atoms with van der Waals surface area (Å²) < 4.78 is 23.9. The molecular formula is C15H18FN3O2. The van der Waals surface area contributed by atoms with Crippen LogP contribution in [0.25, 0.3) is 0 Å². The van der Waals surface area contributed by atoms with Crippen molar-refractivity contribution in [1.29, 1.82) is 0 Å². The number of nitrogens with zero attached hydrogens (tertiary/aromatic N) is 2. The number of benzene rings is 1. The Balaban J connectivity index is 1.93. The lowest BCUT2D eigenvalue weighted by Crippen LogP contribution is -2.18. The van der Waals surface area contributed by atoms with Crippen LogP contribution in [0.4, 0.5) is 4.39 Å². The third-order valence-electron chi connectivity index (χ3n) is 3.08. The second kappa shape index (κ2) is 7.54. The zero-order valence-corrected chi connectivity index (χ0v) is 12.1. The fraction of sp³-hybridized carbons (Fsp3) is 0.333. The highest BCUT2D eigenvalue weighted by molar-refractivity contribution is 5.34. The van der Waals surface area contributed by atoms with Crippen LogP contribution in [0, 0.1) is 5.82 Å². The summed E-state index contributed by atoms with van der Waals surface area (Å²) in [5.41, 5.74) is 1.43. The first kappa shape index (κ1) is 15.2. The molecule has 21 heavy (non-hydrogen) atoms. The van der Waals surface area contributed by atoms with Gasteiger partial charge in [0.1, 0.15) is 12.1 Å². The highest BCUT2D eigenvalue weighted by Gasteiger charge is 2.12. The summed E-state index contributed by atoms with van der Waals surface area (Å²) in [5, 5.41) is 3.22.